The standard InChI is InChI=1S/C12H15ClN2O/c1-8-6-12(16-2)9(7-10(8)13)11(15)4-3-5-14/h6-7,11H,3-4,15H2,1-2H3. The van der Waals surface area contributed by atoms with Crippen LogP contribution in [-0.4, -0.2) is 7.11 Å². The molecule has 0 spiro atoms. The Morgan fingerprint density at radius 1 is 1.56 bits per heavy atom. The van der Waals surface area contributed by atoms with Crippen LogP contribution in [0, 0.1) is 18.3 Å². The van der Waals surface area contributed by atoms with Crippen molar-refractivity contribution in [3.8, 4) is 11.8 Å². The lowest BCUT2D eigenvalue weighted by molar-refractivity contribution is 0.404. The number of nitriles is 1. The van der Waals surface area contributed by atoms with Gasteiger partial charge in [-0.25, -0.2) is 0 Å². The summed E-state index contributed by atoms with van der Waals surface area (Å²) in [6, 6.07) is 5.55. The molecular weight excluding hydrogens is 224 g/mol. The predicted molar refractivity (Wildman–Crippen MR) is 64.5 cm³/mol. The fourth-order valence-electron chi connectivity index (χ4n) is 1.51. The summed E-state index contributed by atoms with van der Waals surface area (Å²) in [6.07, 6.45) is 1.03. The van der Waals surface area contributed by atoms with Crippen molar-refractivity contribution >= 4 is 11.6 Å². The molecule has 0 saturated carbocycles. The fraction of sp³-hybridized carbons (Fsp3) is 0.417. The van der Waals surface area contributed by atoms with Gasteiger partial charge < -0.3 is 10.5 Å². The molecule has 86 valence electrons. The van der Waals surface area contributed by atoms with Crippen molar-refractivity contribution in [2.45, 2.75) is 25.8 Å². The molecule has 1 unspecified atom stereocenters. The maximum absolute atomic E-state index is 8.52. The Bertz CT molecular complexity index is 412. The van der Waals surface area contributed by atoms with E-state index in [1.807, 2.05) is 19.1 Å². The van der Waals surface area contributed by atoms with E-state index in [1.54, 1.807) is 7.11 Å². The maximum Gasteiger partial charge on any atom is 0.123 e. The molecule has 0 bridgehead atoms. The third kappa shape index (κ3) is 2.88. The molecule has 2 N–H and O–H groups in total. The third-order valence-electron chi connectivity index (χ3n) is 2.48. The van der Waals surface area contributed by atoms with Gasteiger partial charge in [0.15, 0.2) is 0 Å². The Morgan fingerprint density at radius 3 is 2.81 bits per heavy atom. The van der Waals surface area contributed by atoms with Crippen LogP contribution in [0.3, 0.4) is 0 Å². The highest BCUT2D eigenvalue weighted by atomic mass is 35.5. The molecule has 1 atom stereocenters. The van der Waals surface area contributed by atoms with Gasteiger partial charge in [0.1, 0.15) is 5.75 Å². The van der Waals surface area contributed by atoms with Gasteiger partial charge in [-0.15, -0.1) is 0 Å². The first-order valence-corrected chi connectivity index (χ1v) is 5.44. The molecule has 16 heavy (non-hydrogen) atoms. The molecule has 1 aromatic carbocycles. The average Bonchev–Trinajstić information content (AvgIpc) is 2.28. The van der Waals surface area contributed by atoms with Gasteiger partial charge in [-0.3, -0.25) is 0 Å². The Morgan fingerprint density at radius 2 is 2.25 bits per heavy atom. The molecule has 1 aromatic rings. The van der Waals surface area contributed by atoms with Crippen LogP contribution in [0.2, 0.25) is 5.02 Å². The van der Waals surface area contributed by atoms with Crippen LogP contribution in [0.25, 0.3) is 0 Å². The average molecular weight is 239 g/mol. The van der Waals surface area contributed by atoms with E-state index in [9.17, 15) is 0 Å². The molecule has 3 nitrogen and oxygen atoms in total. The third-order valence-corrected chi connectivity index (χ3v) is 2.88. The molecule has 0 aromatic heterocycles. The van der Waals surface area contributed by atoms with Crippen LogP contribution >= 0.6 is 11.6 Å². The number of hydrogen-bond donors (Lipinski definition) is 1. The molecule has 0 saturated heterocycles. The van der Waals surface area contributed by atoms with Crippen LogP contribution in [0.4, 0.5) is 0 Å². The van der Waals surface area contributed by atoms with Gasteiger partial charge in [0.05, 0.1) is 13.2 Å². The van der Waals surface area contributed by atoms with Crippen molar-refractivity contribution in [3.05, 3.63) is 28.3 Å². The van der Waals surface area contributed by atoms with Gasteiger partial charge in [-0.2, -0.15) is 5.26 Å². The van der Waals surface area contributed by atoms with E-state index in [4.69, 9.17) is 27.3 Å². The van der Waals surface area contributed by atoms with Crippen molar-refractivity contribution < 1.29 is 4.74 Å². The van der Waals surface area contributed by atoms with Crippen molar-refractivity contribution in [2.24, 2.45) is 5.73 Å². The van der Waals surface area contributed by atoms with Gasteiger partial charge in [0.25, 0.3) is 0 Å². The van der Waals surface area contributed by atoms with Gasteiger partial charge in [-0.05, 0) is 31.0 Å². The van der Waals surface area contributed by atoms with Crippen LogP contribution in [-0.2, 0) is 0 Å². The molecule has 0 aliphatic rings. The Balaban J connectivity index is 3.02. The second-order valence-electron chi connectivity index (χ2n) is 3.65. The van der Waals surface area contributed by atoms with Crippen molar-refractivity contribution in [3.63, 3.8) is 0 Å². The van der Waals surface area contributed by atoms with E-state index in [0.717, 1.165) is 16.9 Å². The quantitative estimate of drug-likeness (QED) is 0.877. The van der Waals surface area contributed by atoms with Crippen molar-refractivity contribution in [1.82, 2.24) is 0 Å². The molecule has 0 aliphatic heterocycles. The summed E-state index contributed by atoms with van der Waals surface area (Å²) in [7, 11) is 1.60. The second-order valence-corrected chi connectivity index (χ2v) is 4.05. The van der Waals surface area contributed by atoms with E-state index in [-0.39, 0.29) is 6.04 Å². The largest absolute Gasteiger partial charge is 0.496 e. The number of halogens is 1. The zero-order valence-corrected chi connectivity index (χ0v) is 10.2. The minimum atomic E-state index is -0.215. The first-order chi connectivity index (χ1) is 7.60. The Kier molecular flexibility index (Phi) is 4.60. The highest BCUT2D eigenvalue weighted by molar-refractivity contribution is 6.31. The molecule has 4 heteroatoms. The summed E-state index contributed by atoms with van der Waals surface area (Å²) in [5.41, 5.74) is 7.80. The smallest absolute Gasteiger partial charge is 0.123 e. The van der Waals surface area contributed by atoms with E-state index in [0.29, 0.717) is 17.9 Å². The van der Waals surface area contributed by atoms with Crippen LogP contribution in [0.1, 0.15) is 30.0 Å². The zero-order valence-electron chi connectivity index (χ0n) is 9.46. The van der Waals surface area contributed by atoms with Crippen LogP contribution in [0.5, 0.6) is 5.75 Å². The highest BCUT2D eigenvalue weighted by Gasteiger charge is 2.13. The van der Waals surface area contributed by atoms with Crippen LogP contribution < -0.4 is 10.5 Å². The molecule has 0 amide bonds. The Hall–Kier alpha value is -1.24. The van der Waals surface area contributed by atoms with Gasteiger partial charge in [0.2, 0.25) is 0 Å². The first-order valence-electron chi connectivity index (χ1n) is 5.06. The van der Waals surface area contributed by atoms with E-state index >= 15 is 0 Å². The van der Waals surface area contributed by atoms with E-state index in [1.165, 1.54) is 0 Å². The molecular formula is C12H15ClN2O. The number of nitrogens with zero attached hydrogens (tertiary/aromatic N) is 1. The number of ether oxygens (including phenoxy) is 1. The summed E-state index contributed by atoms with van der Waals surface area (Å²) >= 11 is 6.04. The molecule has 0 heterocycles. The number of benzene rings is 1. The maximum atomic E-state index is 8.52. The molecule has 1 rings (SSSR count). The summed E-state index contributed by atoms with van der Waals surface area (Å²) < 4.78 is 5.26. The minimum absolute atomic E-state index is 0.215. The first kappa shape index (κ1) is 12.8. The monoisotopic (exact) mass is 238 g/mol. The number of aryl methyl sites for hydroxylation is 1. The minimum Gasteiger partial charge on any atom is -0.496 e. The molecule has 0 fully saturated rings. The normalized spacial score (nSPS) is 11.9. The lowest BCUT2D eigenvalue weighted by Gasteiger charge is -2.16. The topological polar surface area (TPSA) is 59.0 Å². The SMILES string of the molecule is COc1cc(C)c(Cl)cc1C(N)CCC#N. The number of nitrogens with two attached hydrogens (primary N) is 1. The van der Waals surface area contributed by atoms with Crippen LogP contribution in [0.15, 0.2) is 12.1 Å². The summed E-state index contributed by atoms with van der Waals surface area (Å²) in [5.74, 6) is 0.729. The fourth-order valence-corrected chi connectivity index (χ4v) is 1.68. The Labute approximate surface area is 101 Å². The van der Waals surface area contributed by atoms with Gasteiger partial charge >= 0.3 is 0 Å². The van der Waals surface area contributed by atoms with E-state index < -0.39 is 0 Å². The van der Waals surface area contributed by atoms with Crippen molar-refractivity contribution in [2.75, 3.05) is 7.11 Å². The number of methoxy groups -OCH3 is 1. The summed E-state index contributed by atoms with van der Waals surface area (Å²) in [6.45, 7) is 1.91. The van der Waals surface area contributed by atoms with E-state index in [2.05, 4.69) is 6.07 Å². The number of hydrogen-bond acceptors (Lipinski definition) is 3. The van der Waals surface area contributed by atoms with Gasteiger partial charge in [0, 0.05) is 23.0 Å². The lowest BCUT2D eigenvalue weighted by Crippen LogP contribution is -2.11. The highest BCUT2D eigenvalue weighted by Crippen LogP contribution is 2.31. The predicted octanol–water partition coefficient (Wildman–Crippen LogP) is 2.96. The lowest BCUT2D eigenvalue weighted by atomic mass is 10.0. The zero-order chi connectivity index (χ0) is 12.1. The van der Waals surface area contributed by atoms with Crippen molar-refractivity contribution in [1.29, 1.82) is 5.26 Å². The summed E-state index contributed by atoms with van der Waals surface area (Å²) in [5, 5.41) is 9.19. The second kappa shape index (κ2) is 5.74. The molecule has 0 aliphatic carbocycles. The summed E-state index contributed by atoms with van der Waals surface area (Å²) in [4.78, 5) is 0. The number of rotatable bonds is 4. The van der Waals surface area contributed by atoms with Gasteiger partial charge in [-0.1, -0.05) is 11.6 Å². The molecule has 0 radical (unpaired) electrons.